The van der Waals surface area contributed by atoms with Gasteiger partial charge in [0, 0.05) is 12.6 Å². The molecule has 0 radical (unpaired) electrons. The first-order chi connectivity index (χ1) is 10.0. The molecular formula is C18H29NO2. The van der Waals surface area contributed by atoms with Gasteiger partial charge in [0.15, 0.2) is 11.5 Å². The number of hydrogen-bond acceptors (Lipinski definition) is 3. The highest BCUT2D eigenvalue weighted by atomic mass is 16.5. The molecule has 0 aliphatic heterocycles. The molecule has 0 amide bonds. The first-order valence-electron chi connectivity index (χ1n) is 8.07. The minimum atomic E-state index is 0.528. The van der Waals surface area contributed by atoms with Crippen LogP contribution in [0.2, 0.25) is 0 Å². The molecular weight excluding hydrogens is 262 g/mol. The molecule has 1 aliphatic rings. The summed E-state index contributed by atoms with van der Waals surface area (Å²) < 4.78 is 11.0. The molecule has 1 aromatic carbocycles. The molecule has 1 saturated carbocycles. The molecule has 0 unspecified atom stereocenters. The molecule has 2 rings (SSSR count). The lowest BCUT2D eigenvalue weighted by atomic mass is 9.75. The SMILES string of the molecule is CCOc1ccc(CNC2CCC(C)(C)CC2)cc1OC. The van der Waals surface area contributed by atoms with Crippen molar-refractivity contribution in [2.24, 2.45) is 5.41 Å². The van der Waals surface area contributed by atoms with Crippen molar-refractivity contribution in [1.29, 1.82) is 0 Å². The van der Waals surface area contributed by atoms with E-state index >= 15 is 0 Å². The van der Waals surface area contributed by atoms with Gasteiger partial charge in [0.05, 0.1) is 13.7 Å². The summed E-state index contributed by atoms with van der Waals surface area (Å²) in [7, 11) is 1.69. The summed E-state index contributed by atoms with van der Waals surface area (Å²) >= 11 is 0. The quantitative estimate of drug-likeness (QED) is 0.854. The normalized spacial score (nSPS) is 18.5. The van der Waals surface area contributed by atoms with Crippen LogP contribution in [-0.4, -0.2) is 19.8 Å². The Balaban J connectivity index is 1.89. The lowest BCUT2D eigenvalue weighted by molar-refractivity contribution is 0.206. The Labute approximate surface area is 129 Å². The minimum Gasteiger partial charge on any atom is -0.493 e. The van der Waals surface area contributed by atoms with E-state index in [2.05, 4.69) is 31.3 Å². The summed E-state index contributed by atoms with van der Waals surface area (Å²) in [6, 6.07) is 6.84. The molecule has 0 bridgehead atoms. The zero-order valence-corrected chi connectivity index (χ0v) is 13.9. The van der Waals surface area contributed by atoms with Gasteiger partial charge in [-0.15, -0.1) is 0 Å². The Morgan fingerprint density at radius 3 is 2.52 bits per heavy atom. The van der Waals surface area contributed by atoms with Crippen LogP contribution in [0.1, 0.15) is 52.0 Å². The Morgan fingerprint density at radius 2 is 1.90 bits per heavy atom. The van der Waals surface area contributed by atoms with Gasteiger partial charge >= 0.3 is 0 Å². The zero-order valence-electron chi connectivity index (χ0n) is 13.9. The first-order valence-corrected chi connectivity index (χ1v) is 8.07. The second kappa shape index (κ2) is 7.17. The van der Waals surface area contributed by atoms with E-state index in [0.29, 0.717) is 18.1 Å². The molecule has 118 valence electrons. The van der Waals surface area contributed by atoms with Gasteiger partial charge in [-0.1, -0.05) is 19.9 Å². The summed E-state index contributed by atoms with van der Waals surface area (Å²) in [6.07, 6.45) is 5.19. The molecule has 0 aromatic heterocycles. The van der Waals surface area contributed by atoms with E-state index in [9.17, 15) is 0 Å². The number of methoxy groups -OCH3 is 1. The first kappa shape index (κ1) is 16.2. The molecule has 0 atom stereocenters. The van der Waals surface area contributed by atoms with Crippen molar-refractivity contribution < 1.29 is 9.47 Å². The van der Waals surface area contributed by atoms with E-state index in [0.717, 1.165) is 18.0 Å². The highest BCUT2D eigenvalue weighted by molar-refractivity contribution is 5.42. The number of benzene rings is 1. The van der Waals surface area contributed by atoms with Crippen molar-refractivity contribution in [1.82, 2.24) is 5.32 Å². The van der Waals surface area contributed by atoms with E-state index in [1.54, 1.807) is 7.11 Å². The van der Waals surface area contributed by atoms with Crippen molar-refractivity contribution in [2.45, 2.75) is 59.0 Å². The molecule has 1 fully saturated rings. The van der Waals surface area contributed by atoms with Gasteiger partial charge in [0.1, 0.15) is 0 Å². The summed E-state index contributed by atoms with van der Waals surface area (Å²) in [6.45, 7) is 8.29. The maximum absolute atomic E-state index is 5.55. The smallest absolute Gasteiger partial charge is 0.161 e. The van der Waals surface area contributed by atoms with Gasteiger partial charge in [0.25, 0.3) is 0 Å². The molecule has 3 nitrogen and oxygen atoms in total. The topological polar surface area (TPSA) is 30.5 Å². The van der Waals surface area contributed by atoms with E-state index in [1.807, 2.05) is 13.0 Å². The van der Waals surface area contributed by atoms with E-state index in [-0.39, 0.29) is 0 Å². The van der Waals surface area contributed by atoms with Crippen LogP contribution in [0.5, 0.6) is 11.5 Å². The van der Waals surface area contributed by atoms with Crippen LogP contribution in [-0.2, 0) is 6.54 Å². The fourth-order valence-corrected chi connectivity index (χ4v) is 2.96. The summed E-state index contributed by atoms with van der Waals surface area (Å²) in [5, 5.41) is 3.68. The van der Waals surface area contributed by atoms with Gasteiger partial charge < -0.3 is 14.8 Å². The van der Waals surface area contributed by atoms with Crippen LogP contribution >= 0.6 is 0 Å². The summed E-state index contributed by atoms with van der Waals surface area (Å²) in [4.78, 5) is 0. The number of nitrogens with one attached hydrogen (secondary N) is 1. The molecule has 0 heterocycles. The lowest BCUT2D eigenvalue weighted by Crippen LogP contribution is -2.35. The van der Waals surface area contributed by atoms with E-state index in [4.69, 9.17) is 9.47 Å². The van der Waals surface area contributed by atoms with E-state index in [1.165, 1.54) is 31.2 Å². The van der Waals surface area contributed by atoms with Crippen LogP contribution in [0.15, 0.2) is 18.2 Å². The van der Waals surface area contributed by atoms with Gasteiger partial charge in [0.2, 0.25) is 0 Å². The van der Waals surface area contributed by atoms with Crippen molar-refractivity contribution in [3.05, 3.63) is 23.8 Å². The molecule has 1 aromatic rings. The second-order valence-corrected chi connectivity index (χ2v) is 6.74. The van der Waals surface area contributed by atoms with Crippen molar-refractivity contribution >= 4 is 0 Å². The highest BCUT2D eigenvalue weighted by Gasteiger charge is 2.26. The number of ether oxygens (including phenoxy) is 2. The van der Waals surface area contributed by atoms with Crippen LogP contribution in [0.3, 0.4) is 0 Å². The summed E-state index contributed by atoms with van der Waals surface area (Å²) in [5.41, 5.74) is 1.78. The third-order valence-electron chi connectivity index (χ3n) is 4.46. The molecule has 1 N–H and O–H groups in total. The molecule has 3 heteroatoms. The third kappa shape index (κ3) is 4.63. The van der Waals surface area contributed by atoms with Crippen LogP contribution in [0, 0.1) is 5.41 Å². The predicted octanol–water partition coefficient (Wildman–Crippen LogP) is 4.15. The monoisotopic (exact) mass is 291 g/mol. The molecule has 1 aliphatic carbocycles. The fourth-order valence-electron chi connectivity index (χ4n) is 2.96. The summed E-state index contributed by atoms with van der Waals surface area (Å²) in [5.74, 6) is 1.64. The Bertz CT molecular complexity index is 447. The van der Waals surface area contributed by atoms with Gasteiger partial charge in [-0.3, -0.25) is 0 Å². The number of hydrogen-bond donors (Lipinski definition) is 1. The van der Waals surface area contributed by atoms with Gasteiger partial charge in [-0.25, -0.2) is 0 Å². The van der Waals surface area contributed by atoms with Crippen molar-refractivity contribution in [3.63, 3.8) is 0 Å². The maximum Gasteiger partial charge on any atom is 0.161 e. The highest BCUT2D eigenvalue weighted by Crippen LogP contribution is 2.35. The maximum atomic E-state index is 5.55. The van der Waals surface area contributed by atoms with Gasteiger partial charge in [-0.2, -0.15) is 0 Å². The fraction of sp³-hybridized carbons (Fsp3) is 0.667. The minimum absolute atomic E-state index is 0.528. The standard InChI is InChI=1S/C18H29NO2/c1-5-21-16-7-6-14(12-17(16)20-4)13-19-15-8-10-18(2,3)11-9-15/h6-7,12,15,19H,5,8-11,13H2,1-4H3. The molecule has 21 heavy (non-hydrogen) atoms. The molecule has 0 saturated heterocycles. The molecule has 0 spiro atoms. The van der Waals surface area contributed by atoms with Crippen LogP contribution in [0.4, 0.5) is 0 Å². The Kier molecular flexibility index (Phi) is 5.51. The predicted molar refractivity (Wildman–Crippen MR) is 87.0 cm³/mol. The number of rotatable bonds is 6. The van der Waals surface area contributed by atoms with E-state index < -0.39 is 0 Å². The van der Waals surface area contributed by atoms with Crippen molar-refractivity contribution in [2.75, 3.05) is 13.7 Å². The average Bonchev–Trinajstić information content (AvgIpc) is 2.47. The lowest BCUT2D eigenvalue weighted by Gasteiger charge is -2.34. The average molecular weight is 291 g/mol. The Hall–Kier alpha value is -1.22. The second-order valence-electron chi connectivity index (χ2n) is 6.74. The Morgan fingerprint density at radius 1 is 1.19 bits per heavy atom. The zero-order chi connectivity index (χ0) is 15.3. The van der Waals surface area contributed by atoms with Crippen molar-refractivity contribution in [3.8, 4) is 11.5 Å². The van der Waals surface area contributed by atoms with Gasteiger partial charge in [-0.05, 0) is 55.7 Å². The largest absolute Gasteiger partial charge is 0.493 e. The van der Waals surface area contributed by atoms with Crippen LogP contribution in [0.25, 0.3) is 0 Å². The third-order valence-corrected chi connectivity index (χ3v) is 4.46. The van der Waals surface area contributed by atoms with Crippen LogP contribution < -0.4 is 14.8 Å².